The van der Waals surface area contributed by atoms with Crippen molar-refractivity contribution >= 4 is 11.5 Å². The highest BCUT2D eigenvalue weighted by Crippen LogP contribution is 2.44. The van der Waals surface area contributed by atoms with E-state index in [4.69, 9.17) is 16.2 Å². The molecule has 140 valence electrons. The Morgan fingerprint density at radius 2 is 1.70 bits per heavy atom. The monoisotopic (exact) mass is 362 g/mol. The number of aliphatic imine (C=N–C) groups is 1. The first kappa shape index (κ1) is 17.8. The highest BCUT2D eigenvalue weighted by atomic mass is 16.5. The van der Waals surface area contributed by atoms with E-state index in [9.17, 15) is 0 Å². The second kappa shape index (κ2) is 6.83. The third kappa shape index (κ3) is 3.24. The standard InChI is InChI=1S/C22H26N4O/c1-27-15-21(12-5-13-21)17-8-10-18(11-9-17)22(24)25-19(14-20(23)26-22)16-6-3-2-4-7-16/h2-4,6-11,14,25H,5,12-13,15,24H2,1H3,(H2,23,26). The Kier molecular flexibility index (Phi) is 4.50. The number of nitrogens with one attached hydrogen (secondary N) is 1. The summed E-state index contributed by atoms with van der Waals surface area (Å²) in [4.78, 5) is 4.48. The van der Waals surface area contributed by atoms with Gasteiger partial charge in [-0.3, -0.25) is 5.73 Å². The van der Waals surface area contributed by atoms with Gasteiger partial charge in [0.25, 0.3) is 0 Å². The van der Waals surface area contributed by atoms with Gasteiger partial charge < -0.3 is 15.8 Å². The zero-order chi connectivity index (χ0) is 18.9. The molecule has 27 heavy (non-hydrogen) atoms. The van der Waals surface area contributed by atoms with Gasteiger partial charge in [-0.2, -0.15) is 0 Å². The smallest absolute Gasteiger partial charge is 0.211 e. The quantitative estimate of drug-likeness (QED) is 0.763. The lowest BCUT2D eigenvalue weighted by molar-refractivity contribution is 0.0792. The molecule has 0 aromatic heterocycles. The van der Waals surface area contributed by atoms with Crippen LogP contribution in [-0.4, -0.2) is 19.6 Å². The molecule has 1 aliphatic carbocycles. The Labute approximate surface area is 160 Å². The summed E-state index contributed by atoms with van der Waals surface area (Å²) in [6, 6.07) is 18.4. The Balaban J connectivity index is 1.62. The second-order valence-corrected chi connectivity index (χ2v) is 7.50. The minimum absolute atomic E-state index is 0.145. The molecule has 0 spiro atoms. The molecule has 0 radical (unpaired) electrons. The van der Waals surface area contributed by atoms with Crippen LogP contribution >= 0.6 is 0 Å². The molecule has 1 fully saturated rings. The van der Waals surface area contributed by atoms with E-state index in [1.807, 2.05) is 48.5 Å². The lowest BCUT2D eigenvalue weighted by Gasteiger charge is -2.42. The predicted octanol–water partition coefficient (Wildman–Crippen LogP) is 2.83. The normalized spacial score (nSPS) is 23.6. The van der Waals surface area contributed by atoms with Crippen molar-refractivity contribution in [2.75, 3.05) is 13.7 Å². The summed E-state index contributed by atoms with van der Waals surface area (Å²) in [5.74, 6) is -0.676. The fraction of sp³-hybridized carbons (Fsp3) is 0.318. The van der Waals surface area contributed by atoms with E-state index in [1.165, 1.54) is 12.0 Å². The Morgan fingerprint density at radius 1 is 1.04 bits per heavy atom. The topological polar surface area (TPSA) is 85.7 Å². The zero-order valence-electron chi connectivity index (χ0n) is 15.6. The van der Waals surface area contributed by atoms with Gasteiger partial charge in [-0.25, -0.2) is 4.99 Å². The summed E-state index contributed by atoms with van der Waals surface area (Å²) in [5, 5.41) is 3.35. The van der Waals surface area contributed by atoms with Crippen molar-refractivity contribution in [1.82, 2.24) is 5.32 Å². The third-order valence-corrected chi connectivity index (χ3v) is 5.68. The van der Waals surface area contributed by atoms with Crippen LogP contribution < -0.4 is 16.8 Å². The number of nitrogens with zero attached hydrogens (tertiary/aromatic N) is 1. The molecular weight excluding hydrogens is 336 g/mol. The number of amidine groups is 1. The van der Waals surface area contributed by atoms with Crippen molar-refractivity contribution in [3.63, 3.8) is 0 Å². The van der Waals surface area contributed by atoms with E-state index >= 15 is 0 Å². The molecule has 1 saturated carbocycles. The van der Waals surface area contributed by atoms with Crippen LogP contribution in [0.2, 0.25) is 0 Å². The molecule has 4 rings (SSSR count). The second-order valence-electron chi connectivity index (χ2n) is 7.50. The summed E-state index contributed by atoms with van der Waals surface area (Å²) in [6.07, 6.45) is 5.40. The molecule has 1 aliphatic heterocycles. The maximum absolute atomic E-state index is 6.62. The fourth-order valence-corrected chi connectivity index (χ4v) is 4.04. The van der Waals surface area contributed by atoms with Gasteiger partial charge in [-0.1, -0.05) is 61.0 Å². The first-order valence-corrected chi connectivity index (χ1v) is 9.34. The van der Waals surface area contributed by atoms with Crippen molar-refractivity contribution in [3.05, 3.63) is 77.4 Å². The number of hydrogen-bond donors (Lipinski definition) is 3. The summed E-state index contributed by atoms with van der Waals surface area (Å²) >= 11 is 0. The van der Waals surface area contributed by atoms with Gasteiger partial charge in [0, 0.05) is 29.9 Å². The predicted molar refractivity (Wildman–Crippen MR) is 109 cm³/mol. The van der Waals surface area contributed by atoms with E-state index in [0.717, 1.165) is 36.3 Å². The molecule has 0 bridgehead atoms. The molecule has 5 nitrogen and oxygen atoms in total. The van der Waals surface area contributed by atoms with E-state index in [1.54, 1.807) is 7.11 Å². The van der Waals surface area contributed by atoms with Crippen LogP contribution in [0, 0.1) is 0 Å². The molecule has 5 heteroatoms. The average molecular weight is 362 g/mol. The summed E-state index contributed by atoms with van der Waals surface area (Å²) in [5.41, 5.74) is 16.9. The maximum atomic E-state index is 6.62. The van der Waals surface area contributed by atoms with Gasteiger partial charge in [-0.05, 0) is 24.0 Å². The van der Waals surface area contributed by atoms with Gasteiger partial charge in [-0.15, -0.1) is 0 Å². The Bertz CT molecular complexity index is 869. The van der Waals surface area contributed by atoms with Gasteiger partial charge in [0.2, 0.25) is 5.79 Å². The number of nitrogens with two attached hydrogens (primary N) is 2. The molecule has 1 heterocycles. The van der Waals surface area contributed by atoms with Crippen LogP contribution in [0.15, 0.2) is 65.7 Å². The first-order valence-electron chi connectivity index (χ1n) is 9.34. The largest absolute Gasteiger partial charge is 0.384 e. The molecule has 2 aromatic carbocycles. The van der Waals surface area contributed by atoms with Crippen molar-refractivity contribution in [1.29, 1.82) is 0 Å². The van der Waals surface area contributed by atoms with E-state index < -0.39 is 5.79 Å². The van der Waals surface area contributed by atoms with Gasteiger partial charge >= 0.3 is 0 Å². The van der Waals surface area contributed by atoms with E-state index in [2.05, 4.69) is 22.4 Å². The minimum Gasteiger partial charge on any atom is -0.384 e. The zero-order valence-corrected chi connectivity index (χ0v) is 15.6. The number of methoxy groups -OCH3 is 1. The van der Waals surface area contributed by atoms with Crippen LogP contribution in [-0.2, 0) is 15.9 Å². The SMILES string of the molecule is COCC1(c2ccc(C3(N)N=C(N)C=C(c4ccccc4)N3)cc2)CCC1. The molecule has 1 atom stereocenters. The van der Waals surface area contributed by atoms with Gasteiger partial charge in [0.1, 0.15) is 5.84 Å². The Morgan fingerprint density at radius 3 is 2.30 bits per heavy atom. The minimum atomic E-state index is -1.09. The lowest BCUT2D eigenvalue weighted by Crippen LogP contribution is -2.51. The van der Waals surface area contributed by atoms with Crippen LogP contribution in [0.25, 0.3) is 5.70 Å². The highest BCUT2D eigenvalue weighted by molar-refractivity contribution is 5.99. The highest BCUT2D eigenvalue weighted by Gasteiger charge is 2.39. The molecule has 2 aromatic rings. The lowest BCUT2D eigenvalue weighted by atomic mass is 9.65. The molecular formula is C22H26N4O. The van der Waals surface area contributed by atoms with Crippen LogP contribution in [0.5, 0.6) is 0 Å². The molecule has 0 saturated heterocycles. The van der Waals surface area contributed by atoms with Crippen molar-refractivity contribution in [3.8, 4) is 0 Å². The van der Waals surface area contributed by atoms with Crippen LogP contribution in [0.4, 0.5) is 0 Å². The Hall–Kier alpha value is -2.63. The average Bonchev–Trinajstić information content (AvgIpc) is 2.65. The van der Waals surface area contributed by atoms with E-state index in [0.29, 0.717) is 5.84 Å². The number of benzene rings is 2. The number of rotatable bonds is 5. The summed E-state index contributed by atoms with van der Waals surface area (Å²) in [7, 11) is 1.77. The fourth-order valence-electron chi connectivity index (χ4n) is 4.04. The van der Waals surface area contributed by atoms with Crippen LogP contribution in [0.1, 0.15) is 36.0 Å². The first-order chi connectivity index (χ1) is 13.0. The van der Waals surface area contributed by atoms with Gasteiger partial charge in [0.05, 0.1) is 6.61 Å². The molecule has 1 unspecified atom stereocenters. The van der Waals surface area contributed by atoms with Crippen molar-refractivity contribution in [2.45, 2.75) is 30.5 Å². The molecule has 2 aliphatic rings. The van der Waals surface area contributed by atoms with Crippen LogP contribution in [0.3, 0.4) is 0 Å². The van der Waals surface area contributed by atoms with E-state index in [-0.39, 0.29) is 5.41 Å². The number of ether oxygens (including phenoxy) is 1. The van der Waals surface area contributed by atoms with Crippen molar-refractivity contribution < 1.29 is 4.74 Å². The molecule has 5 N–H and O–H groups in total. The number of hydrogen-bond acceptors (Lipinski definition) is 5. The summed E-state index contributed by atoms with van der Waals surface area (Å²) in [6.45, 7) is 0.754. The third-order valence-electron chi connectivity index (χ3n) is 5.68. The molecule has 0 amide bonds. The van der Waals surface area contributed by atoms with Crippen molar-refractivity contribution in [2.24, 2.45) is 16.5 Å². The van der Waals surface area contributed by atoms with Gasteiger partial charge in [0.15, 0.2) is 0 Å². The maximum Gasteiger partial charge on any atom is 0.211 e. The summed E-state index contributed by atoms with van der Waals surface area (Å²) < 4.78 is 5.46.